The van der Waals surface area contributed by atoms with Crippen LogP contribution in [0.3, 0.4) is 0 Å². The molecule has 2 rings (SSSR count). The quantitative estimate of drug-likeness (QED) is 0.578. The van der Waals surface area contributed by atoms with Crippen molar-refractivity contribution in [3.05, 3.63) is 0 Å². The third-order valence-electron chi connectivity index (χ3n) is 4.34. The third-order valence-corrected chi connectivity index (χ3v) is 5.09. The highest BCUT2D eigenvalue weighted by molar-refractivity contribution is 7.81. The van der Waals surface area contributed by atoms with Gasteiger partial charge in [-0.2, -0.15) is 13.5 Å². The van der Waals surface area contributed by atoms with Crippen molar-refractivity contribution in [2.45, 2.75) is 65.1 Å². The molecule has 0 aromatic heterocycles. The van der Waals surface area contributed by atoms with Crippen LogP contribution in [0.4, 0.5) is 4.79 Å². The molecule has 11 nitrogen and oxygen atoms in total. The summed E-state index contributed by atoms with van der Waals surface area (Å²) in [5.41, 5.74) is 3.27. The Hall–Kier alpha value is -1.92. The Bertz CT molecular complexity index is 758. The van der Waals surface area contributed by atoms with Gasteiger partial charge in [-0.15, -0.1) is 4.28 Å². The summed E-state index contributed by atoms with van der Waals surface area (Å²) in [4.78, 5) is 37.2. The number of rotatable bonds is 7. The molecule has 0 saturated carbocycles. The molecule has 2 bridgehead atoms. The summed E-state index contributed by atoms with van der Waals surface area (Å²) in [6.07, 6.45) is 0.674. The van der Waals surface area contributed by atoms with Crippen LogP contribution >= 0.6 is 0 Å². The zero-order chi connectivity index (χ0) is 21.5. The first-order chi connectivity index (χ1) is 12.6. The predicted molar refractivity (Wildman–Crippen MR) is 95.5 cm³/mol. The van der Waals surface area contributed by atoms with Gasteiger partial charge in [-0.3, -0.25) is 9.59 Å². The van der Waals surface area contributed by atoms with Crippen LogP contribution in [0.2, 0.25) is 0 Å². The van der Waals surface area contributed by atoms with E-state index in [4.69, 9.17) is 18.9 Å². The molecule has 0 aliphatic carbocycles. The van der Waals surface area contributed by atoms with Gasteiger partial charge >= 0.3 is 22.4 Å². The van der Waals surface area contributed by atoms with Gasteiger partial charge in [0, 0.05) is 6.54 Å². The van der Waals surface area contributed by atoms with E-state index in [1.54, 1.807) is 20.8 Å². The smallest absolute Gasteiger partial charge is 0.421 e. The number of hydrogen-bond donors (Lipinski definition) is 1. The highest BCUT2D eigenvalue weighted by Gasteiger charge is 2.49. The minimum atomic E-state index is -4.63. The van der Waals surface area contributed by atoms with Crippen molar-refractivity contribution in [2.24, 2.45) is 11.1 Å². The molecule has 2 saturated heterocycles. The van der Waals surface area contributed by atoms with Crippen LogP contribution in [-0.2, 0) is 33.2 Å². The Morgan fingerprint density at radius 2 is 1.79 bits per heavy atom. The molecule has 160 valence electrons. The second-order valence-corrected chi connectivity index (χ2v) is 9.74. The van der Waals surface area contributed by atoms with E-state index in [2.05, 4.69) is 0 Å². The summed E-state index contributed by atoms with van der Waals surface area (Å²) >= 11 is 0. The van der Waals surface area contributed by atoms with Gasteiger partial charge in [0.1, 0.15) is 11.6 Å². The number of ether oxygens (including phenoxy) is 1. The van der Waals surface area contributed by atoms with Crippen LogP contribution in [0.15, 0.2) is 0 Å². The number of nitrogens with two attached hydrogens (primary N) is 1. The van der Waals surface area contributed by atoms with Gasteiger partial charge in [0.25, 0.3) is 0 Å². The molecule has 2 atom stereocenters. The summed E-state index contributed by atoms with van der Waals surface area (Å²) in [6, 6.07) is -2.11. The average Bonchev–Trinajstić information content (AvgIpc) is 2.76. The molecule has 0 radical (unpaired) electrons. The molecule has 2 heterocycles. The van der Waals surface area contributed by atoms with Crippen molar-refractivity contribution in [2.75, 3.05) is 13.2 Å². The third kappa shape index (κ3) is 5.11. The fourth-order valence-electron chi connectivity index (χ4n) is 2.84. The number of nitrogens with zero attached hydrogens (tertiary/aromatic N) is 2. The van der Waals surface area contributed by atoms with Gasteiger partial charge in [-0.25, -0.2) is 8.98 Å². The Morgan fingerprint density at radius 1 is 1.18 bits per heavy atom. The average molecular weight is 421 g/mol. The topological polar surface area (TPSA) is 146 Å². The summed E-state index contributed by atoms with van der Waals surface area (Å²) in [6.45, 7) is 7.59. The van der Waals surface area contributed by atoms with Crippen LogP contribution in [-0.4, -0.2) is 67.1 Å². The zero-order valence-electron chi connectivity index (χ0n) is 16.6. The van der Waals surface area contributed by atoms with E-state index in [-0.39, 0.29) is 6.54 Å². The van der Waals surface area contributed by atoms with Gasteiger partial charge in [0.2, 0.25) is 5.91 Å². The lowest BCUT2D eigenvalue weighted by Gasteiger charge is -2.28. The van der Waals surface area contributed by atoms with E-state index in [9.17, 15) is 22.8 Å². The molecular weight excluding hydrogens is 394 g/mol. The summed E-state index contributed by atoms with van der Waals surface area (Å²) < 4.78 is 39.2. The molecule has 3 amide bonds. The van der Waals surface area contributed by atoms with E-state index in [0.29, 0.717) is 17.9 Å². The summed E-state index contributed by atoms with van der Waals surface area (Å²) in [5.74, 6) is -1.30. The molecule has 28 heavy (non-hydrogen) atoms. The lowest BCUT2D eigenvalue weighted by atomic mass is 9.95. The second kappa shape index (κ2) is 7.48. The molecular formula is C16H27N3O8S. The van der Waals surface area contributed by atoms with Gasteiger partial charge in [0.05, 0.1) is 18.1 Å². The molecule has 0 aromatic rings. The molecule has 12 heteroatoms. The van der Waals surface area contributed by atoms with E-state index in [1.165, 1.54) is 18.7 Å². The molecule has 0 aromatic carbocycles. The monoisotopic (exact) mass is 421 g/mol. The lowest BCUT2D eigenvalue weighted by molar-refractivity contribution is -0.167. The second-order valence-electron chi connectivity index (χ2n) is 8.54. The number of amides is 3. The van der Waals surface area contributed by atoms with Gasteiger partial charge in [-0.05, 0) is 47.5 Å². The van der Waals surface area contributed by atoms with Crippen molar-refractivity contribution >= 4 is 28.3 Å². The molecule has 0 spiro atoms. The number of carbonyl (C=O) groups excluding carboxylic acids is 3. The molecule has 2 N–H and O–H groups in total. The number of hydroxylamine groups is 2. The maximum Gasteiger partial charge on any atom is 0.421 e. The fraction of sp³-hybridized carbons (Fsp3) is 0.812. The molecule has 2 aliphatic heterocycles. The van der Waals surface area contributed by atoms with Crippen LogP contribution in [0.25, 0.3) is 0 Å². The van der Waals surface area contributed by atoms with Crippen molar-refractivity contribution < 1.29 is 36.0 Å². The van der Waals surface area contributed by atoms with E-state index < -0.39 is 58.0 Å². The standard InChI is InChI=1S/C16H27N3O8S/c1-15(2,3)26-13(21)16(4,5)9-25-28(23,24)27-19-10-6-7-11(12(17)20)18(8-10)14(19)22/h10-11H,6-9H2,1-5H3,(H2,17,20)/t10-,11+/m1/s1. The Labute approximate surface area is 164 Å². The first kappa shape index (κ1) is 22.4. The number of piperidine rings is 1. The van der Waals surface area contributed by atoms with Crippen molar-refractivity contribution in [1.29, 1.82) is 0 Å². The van der Waals surface area contributed by atoms with Crippen molar-refractivity contribution in [1.82, 2.24) is 9.96 Å². The van der Waals surface area contributed by atoms with Crippen molar-refractivity contribution in [3.63, 3.8) is 0 Å². The predicted octanol–water partition coefficient (Wildman–Crippen LogP) is 0.301. The van der Waals surface area contributed by atoms with Crippen LogP contribution in [0.5, 0.6) is 0 Å². The molecule has 2 fully saturated rings. The van der Waals surface area contributed by atoms with Crippen LogP contribution < -0.4 is 5.73 Å². The minimum Gasteiger partial charge on any atom is -0.459 e. The zero-order valence-corrected chi connectivity index (χ0v) is 17.4. The van der Waals surface area contributed by atoms with Crippen LogP contribution in [0, 0.1) is 5.41 Å². The Balaban J connectivity index is 2.00. The Kier molecular flexibility index (Phi) is 5.98. The first-order valence-corrected chi connectivity index (χ1v) is 10.2. The van der Waals surface area contributed by atoms with E-state index in [1.807, 2.05) is 0 Å². The number of hydrogen-bond acceptors (Lipinski definition) is 8. The molecule has 2 aliphatic rings. The number of urea groups is 1. The lowest BCUT2D eigenvalue weighted by Crippen LogP contribution is -2.47. The normalized spacial score (nSPS) is 23.1. The largest absolute Gasteiger partial charge is 0.459 e. The number of primary amides is 1. The Morgan fingerprint density at radius 3 is 2.32 bits per heavy atom. The van der Waals surface area contributed by atoms with Gasteiger partial charge < -0.3 is 15.4 Å². The van der Waals surface area contributed by atoms with Gasteiger partial charge in [0.15, 0.2) is 0 Å². The number of esters is 1. The number of fused-ring (bicyclic) bond motifs is 2. The highest BCUT2D eigenvalue weighted by atomic mass is 32.3. The van der Waals surface area contributed by atoms with Gasteiger partial charge in [-0.1, -0.05) is 0 Å². The SMILES string of the molecule is CC(C)(C)OC(=O)C(C)(C)COS(=O)(=O)ON1C(=O)N2C[C@H]1CC[C@H]2C(N)=O. The molecule has 0 unspecified atom stereocenters. The maximum atomic E-state index is 12.4. The maximum absolute atomic E-state index is 12.4. The first-order valence-electron chi connectivity index (χ1n) is 8.84. The fourth-order valence-corrected chi connectivity index (χ4v) is 3.70. The summed E-state index contributed by atoms with van der Waals surface area (Å²) in [7, 11) is -4.63. The number of carbonyl (C=O) groups is 3. The van der Waals surface area contributed by atoms with E-state index in [0.717, 1.165) is 0 Å². The highest BCUT2D eigenvalue weighted by Crippen LogP contribution is 2.31. The minimum absolute atomic E-state index is 0.130. The summed E-state index contributed by atoms with van der Waals surface area (Å²) in [5, 5.41) is 0.679. The van der Waals surface area contributed by atoms with Crippen molar-refractivity contribution in [3.8, 4) is 0 Å². The van der Waals surface area contributed by atoms with E-state index >= 15 is 0 Å². The van der Waals surface area contributed by atoms with Crippen LogP contribution in [0.1, 0.15) is 47.5 Å².